The highest BCUT2D eigenvalue weighted by atomic mass is 16.5. The van der Waals surface area contributed by atoms with Crippen molar-refractivity contribution < 1.29 is 4.74 Å². The third kappa shape index (κ3) is 3.05. The quantitative estimate of drug-likeness (QED) is 0.832. The van der Waals surface area contributed by atoms with Crippen molar-refractivity contribution in [2.45, 2.75) is 38.0 Å². The number of aromatic nitrogens is 1. The Balaban J connectivity index is 1.44. The van der Waals surface area contributed by atoms with Gasteiger partial charge in [0.1, 0.15) is 0 Å². The smallest absolute Gasteiger partial charge is 0.0639 e. The van der Waals surface area contributed by atoms with Crippen molar-refractivity contribution >= 4 is 0 Å². The second-order valence-corrected chi connectivity index (χ2v) is 7.28. The van der Waals surface area contributed by atoms with Crippen molar-refractivity contribution in [2.24, 2.45) is 11.8 Å². The Morgan fingerprint density at radius 1 is 1.18 bits per heavy atom. The van der Waals surface area contributed by atoms with Crippen LogP contribution in [0.5, 0.6) is 0 Å². The molecule has 0 radical (unpaired) electrons. The second kappa shape index (κ2) is 6.26. The Morgan fingerprint density at radius 3 is 2.73 bits per heavy atom. The largest absolute Gasteiger partial charge is 0.381 e. The van der Waals surface area contributed by atoms with E-state index in [0.717, 1.165) is 12.5 Å². The maximum atomic E-state index is 5.81. The summed E-state index contributed by atoms with van der Waals surface area (Å²) in [6.45, 7) is 5.95. The lowest BCUT2D eigenvalue weighted by atomic mass is 9.89. The van der Waals surface area contributed by atoms with Gasteiger partial charge in [0, 0.05) is 64.2 Å². The molecular weight excluding hydrogens is 274 g/mol. The lowest BCUT2D eigenvalue weighted by Gasteiger charge is -2.41. The van der Waals surface area contributed by atoms with Gasteiger partial charge in [0.05, 0.1) is 6.10 Å². The zero-order valence-electron chi connectivity index (χ0n) is 13.5. The summed E-state index contributed by atoms with van der Waals surface area (Å²) in [7, 11) is 1.89. The van der Waals surface area contributed by atoms with E-state index in [0.29, 0.717) is 18.1 Å². The van der Waals surface area contributed by atoms with Gasteiger partial charge in [-0.25, -0.2) is 0 Å². The predicted octanol–water partition coefficient (Wildman–Crippen LogP) is 2.01. The molecule has 4 heteroatoms. The Morgan fingerprint density at radius 2 is 2.00 bits per heavy atom. The molecule has 0 N–H and O–H groups in total. The monoisotopic (exact) mass is 301 g/mol. The van der Waals surface area contributed by atoms with Gasteiger partial charge in [0.25, 0.3) is 0 Å². The molecule has 4 nitrogen and oxygen atoms in total. The van der Waals surface area contributed by atoms with Crippen LogP contribution in [0.3, 0.4) is 0 Å². The molecule has 0 spiro atoms. The van der Waals surface area contributed by atoms with Crippen LogP contribution in [-0.2, 0) is 11.3 Å². The highest BCUT2D eigenvalue weighted by Gasteiger charge is 2.45. The fraction of sp³-hybridized carbons (Fsp3) is 0.722. The van der Waals surface area contributed by atoms with E-state index >= 15 is 0 Å². The minimum absolute atomic E-state index is 0.447. The van der Waals surface area contributed by atoms with Gasteiger partial charge in [-0.2, -0.15) is 0 Å². The summed E-state index contributed by atoms with van der Waals surface area (Å²) in [5, 5.41) is 0. The molecule has 2 aliphatic heterocycles. The highest BCUT2D eigenvalue weighted by Crippen LogP contribution is 2.37. The van der Waals surface area contributed by atoms with Crippen molar-refractivity contribution in [3.63, 3.8) is 0 Å². The topological polar surface area (TPSA) is 28.6 Å². The maximum Gasteiger partial charge on any atom is 0.0639 e. The molecule has 0 unspecified atom stereocenters. The maximum absolute atomic E-state index is 5.81. The first-order valence-corrected chi connectivity index (χ1v) is 8.71. The van der Waals surface area contributed by atoms with Gasteiger partial charge in [-0.05, 0) is 42.9 Å². The second-order valence-electron chi connectivity index (χ2n) is 7.28. The van der Waals surface area contributed by atoms with Gasteiger partial charge in [0.15, 0.2) is 0 Å². The Bertz CT molecular complexity index is 490. The minimum atomic E-state index is 0.447. The van der Waals surface area contributed by atoms with E-state index in [1.807, 2.05) is 19.5 Å². The fourth-order valence-electron chi connectivity index (χ4n) is 4.35. The number of pyridine rings is 1. The van der Waals surface area contributed by atoms with Crippen LogP contribution >= 0.6 is 0 Å². The van der Waals surface area contributed by atoms with Gasteiger partial charge in [0.2, 0.25) is 0 Å². The van der Waals surface area contributed by atoms with Gasteiger partial charge in [-0.3, -0.25) is 14.8 Å². The Kier molecular flexibility index (Phi) is 4.16. The van der Waals surface area contributed by atoms with Crippen LogP contribution in [0.15, 0.2) is 24.5 Å². The zero-order valence-corrected chi connectivity index (χ0v) is 13.5. The Labute approximate surface area is 133 Å². The molecule has 3 fully saturated rings. The standard InChI is InChI=1S/C18H27N3O/c1-22-18-6-9-21(11-14-2-3-14)17-13-20(12-16(17)18)10-15-4-7-19-8-5-15/h4-5,7-8,14,16-18H,2-3,6,9-13H2,1H3/t16-,17+,18-/m1/s1. The minimum Gasteiger partial charge on any atom is -0.381 e. The summed E-state index contributed by atoms with van der Waals surface area (Å²) in [4.78, 5) is 9.50. The van der Waals surface area contributed by atoms with Crippen molar-refractivity contribution in [3.05, 3.63) is 30.1 Å². The number of hydrogen-bond acceptors (Lipinski definition) is 4. The first-order chi connectivity index (χ1) is 10.8. The average molecular weight is 301 g/mol. The molecule has 3 atom stereocenters. The van der Waals surface area contributed by atoms with Crippen LogP contribution < -0.4 is 0 Å². The van der Waals surface area contributed by atoms with E-state index in [-0.39, 0.29) is 0 Å². The fourth-order valence-corrected chi connectivity index (χ4v) is 4.35. The number of nitrogens with zero attached hydrogens (tertiary/aromatic N) is 3. The van der Waals surface area contributed by atoms with Crippen LogP contribution in [0.25, 0.3) is 0 Å². The van der Waals surface area contributed by atoms with Crippen LogP contribution in [0.2, 0.25) is 0 Å². The average Bonchev–Trinajstić information content (AvgIpc) is 3.26. The Hall–Kier alpha value is -0.970. The van der Waals surface area contributed by atoms with Gasteiger partial charge in [-0.15, -0.1) is 0 Å². The van der Waals surface area contributed by atoms with Crippen molar-refractivity contribution in [1.29, 1.82) is 0 Å². The molecule has 3 aliphatic rings. The predicted molar refractivity (Wildman–Crippen MR) is 86.5 cm³/mol. The first kappa shape index (κ1) is 14.6. The van der Waals surface area contributed by atoms with Gasteiger partial charge in [-0.1, -0.05) is 0 Å². The molecule has 4 rings (SSSR count). The highest BCUT2D eigenvalue weighted by molar-refractivity contribution is 5.11. The normalized spacial score (nSPS) is 33.0. The van der Waals surface area contributed by atoms with Crippen LogP contribution in [-0.4, -0.2) is 60.2 Å². The van der Waals surface area contributed by atoms with E-state index in [2.05, 4.69) is 26.9 Å². The number of fused-ring (bicyclic) bond motifs is 1. The van der Waals surface area contributed by atoms with E-state index in [4.69, 9.17) is 4.74 Å². The summed E-state index contributed by atoms with van der Waals surface area (Å²) in [6.07, 6.45) is 8.34. The molecule has 2 saturated heterocycles. The molecule has 1 saturated carbocycles. The van der Waals surface area contributed by atoms with Gasteiger partial charge >= 0.3 is 0 Å². The molecule has 0 aromatic carbocycles. The summed E-state index contributed by atoms with van der Waals surface area (Å²) < 4.78 is 5.81. The van der Waals surface area contributed by atoms with Crippen LogP contribution in [0, 0.1) is 11.8 Å². The number of hydrogen-bond donors (Lipinski definition) is 0. The SMILES string of the molecule is CO[C@@H]1CCN(CC2CC2)[C@H]2CN(Cc3ccncc3)C[C@@H]12. The van der Waals surface area contributed by atoms with Crippen LogP contribution in [0.1, 0.15) is 24.8 Å². The number of ether oxygens (including phenoxy) is 1. The number of rotatable bonds is 5. The zero-order chi connectivity index (χ0) is 14.9. The van der Waals surface area contributed by atoms with Crippen molar-refractivity contribution in [2.75, 3.05) is 33.3 Å². The number of methoxy groups -OCH3 is 1. The number of likely N-dealkylation sites (tertiary alicyclic amines) is 2. The van der Waals surface area contributed by atoms with Crippen molar-refractivity contribution in [3.8, 4) is 0 Å². The molecule has 3 heterocycles. The van der Waals surface area contributed by atoms with Gasteiger partial charge < -0.3 is 4.74 Å². The lowest BCUT2D eigenvalue weighted by molar-refractivity contribution is -0.0230. The van der Waals surface area contributed by atoms with E-state index in [1.165, 1.54) is 51.0 Å². The molecule has 1 aromatic heterocycles. The molecule has 1 aromatic rings. The molecule has 0 amide bonds. The van der Waals surface area contributed by atoms with Crippen LogP contribution in [0.4, 0.5) is 0 Å². The number of piperidine rings is 1. The summed E-state index contributed by atoms with van der Waals surface area (Å²) in [5.41, 5.74) is 1.37. The molecule has 0 bridgehead atoms. The molecule has 22 heavy (non-hydrogen) atoms. The molecule has 120 valence electrons. The van der Waals surface area contributed by atoms with E-state index in [9.17, 15) is 0 Å². The lowest BCUT2D eigenvalue weighted by Crippen LogP contribution is -2.51. The van der Waals surface area contributed by atoms with E-state index in [1.54, 1.807) is 0 Å². The van der Waals surface area contributed by atoms with Crippen molar-refractivity contribution in [1.82, 2.24) is 14.8 Å². The first-order valence-electron chi connectivity index (χ1n) is 8.71. The molecule has 1 aliphatic carbocycles. The molecular formula is C18H27N3O. The summed E-state index contributed by atoms with van der Waals surface area (Å²) in [5.74, 6) is 1.66. The summed E-state index contributed by atoms with van der Waals surface area (Å²) >= 11 is 0. The third-order valence-electron chi connectivity index (χ3n) is 5.70. The summed E-state index contributed by atoms with van der Waals surface area (Å²) in [6, 6.07) is 4.97. The van der Waals surface area contributed by atoms with E-state index < -0.39 is 0 Å². The third-order valence-corrected chi connectivity index (χ3v) is 5.70.